The van der Waals surface area contributed by atoms with E-state index in [1.807, 2.05) is 0 Å². The first-order chi connectivity index (χ1) is 10.9. The minimum absolute atomic E-state index is 0.204. The Hall–Kier alpha value is 0.274. The molecule has 0 unspecified atom stereocenters. The zero-order chi connectivity index (χ0) is 18.9. The van der Waals surface area contributed by atoms with E-state index >= 15 is 0 Å². The van der Waals surface area contributed by atoms with Gasteiger partial charge in [-0.15, -0.1) is 0 Å². The molecule has 0 aliphatic rings. The third-order valence-corrected chi connectivity index (χ3v) is 11.2. The summed E-state index contributed by atoms with van der Waals surface area (Å²) in [5, 5.41) is 0. The van der Waals surface area contributed by atoms with E-state index in [0.717, 1.165) is 44.6 Å². The van der Waals surface area contributed by atoms with E-state index in [9.17, 15) is 0 Å². The van der Waals surface area contributed by atoms with Crippen molar-refractivity contribution in [1.82, 2.24) is 0 Å². The highest BCUT2D eigenvalue weighted by molar-refractivity contribution is 6.77. The molecule has 0 bridgehead atoms. The van der Waals surface area contributed by atoms with Crippen LogP contribution in [0.2, 0.25) is 12.2 Å². The number of rotatable bonds is 12. The smallest absolute Gasteiger partial charge is 0.336 e. The molecular weight excluding hydrogens is 336 g/mol. The van der Waals surface area contributed by atoms with Crippen molar-refractivity contribution in [2.75, 3.05) is 13.2 Å². The maximum atomic E-state index is 6.31. The van der Waals surface area contributed by atoms with Gasteiger partial charge in [0.1, 0.15) is 0 Å². The van der Waals surface area contributed by atoms with Gasteiger partial charge in [0.05, 0.1) is 0 Å². The molecule has 0 aromatic heterocycles. The number of unbranched alkanes of at least 4 members (excludes halogenated alkanes) is 2. The topological polar surface area (TPSA) is 36.9 Å². The van der Waals surface area contributed by atoms with E-state index in [2.05, 4.69) is 61.9 Å². The summed E-state index contributed by atoms with van der Waals surface area (Å²) in [6.45, 7) is 20.6. The Morgan fingerprint density at radius 3 is 1.42 bits per heavy atom. The molecule has 0 aromatic carbocycles. The molecule has 0 fully saturated rings. The summed E-state index contributed by atoms with van der Waals surface area (Å²) in [6, 6.07) is 0. The summed E-state index contributed by atoms with van der Waals surface area (Å²) >= 11 is 0. The molecule has 0 aliphatic heterocycles. The maximum absolute atomic E-state index is 6.31. The standard InChI is InChI=1S/C18H42O4Si2/c1-10-12-14-19-24(9,20-15-13-11-2)16-23(21-17(3,4)5)22-18(6,7)8/h23H,10-16H2,1-9H3. The van der Waals surface area contributed by atoms with Crippen LogP contribution < -0.4 is 0 Å². The Kier molecular flexibility index (Phi) is 11.2. The van der Waals surface area contributed by atoms with Crippen molar-refractivity contribution in [3.05, 3.63) is 0 Å². The molecule has 24 heavy (non-hydrogen) atoms. The van der Waals surface area contributed by atoms with Crippen molar-refractivity contribution in [2.45, 2.75) is 104 Å². The minimum atomic E-state index is -2.27. The summed E-state index contributed by atoms with van der Waals surface area (Å²) in [4.78, 5) is 0. The van der Waals surface area contributed by atoms with Gasteiger partial charge in [0, 0.05) is 30.1 Å². The van der Waals surface area contributed by atoms with E-state index in [0.29, 0.717) is 0 Å². The third kappa shape index (κ3) is 13.6. The van der Waals surface area contributed by atoms with Gasteiger partial charge in [0.25, 0.3) is 0 Å². The summed E-state index contributed by atoms with van der Waals surface area (Å²) in [7, 11) is -4.17. The fourth-order valence-corrected chi connectivity index (χ4v) is 9.12. The summed E-state index contributed by atoms with van der Waals surface area (Å²) in [6.07, 6.45) is 4.42. The lowest BCUT2D eigenvalue weighted by Crippen LogP contribution is -2.49. The number of hydrogen-bond acceptors (Lipinski definition) is 4. The SMILES string of the molecule is CCCCO[Si](C)(C[SiH](OC(C)(C)C)OC(C)(C)C)OCCCC. The third-order valence-electron chi connectivity index (χ3n) is 3.32. The zero-order valence-corrected chi connectivity index (χ0v) is 19.8. The predicted octanol–water partition coefficient (Wildman–Crippen LogP) is 5.08. The Morgan fingerprint density at radius 2 is 1.12 bits per heavy atom. The highest BCUT2D eigenvalue weighted by Crippen LogP contribution is 2.24. The predicted molar refractivity (Wildman–Crippen MR) is 107 cm³/mol. The van der Waals surface area contributed by atoms with Gasteiger partial charge in [0.15, 0.2) is 0 Å². The summed E-state index contributed by atoms with van der Waals surface area (Å²) in [5.41, 5.74) is 0.420. The van der Waals surface area contributed by atoms with Gasteiger partial charge < -0.3 is 17.7 Å². The quantitative estimate of drug-likeness (QED) is 0.350. The van der Waals surface area contributed by atoms with Crippen LogP contribution in [0, 0.1) is 0 Å². The zero-order valence-electron chi connectivity index (χ0n) is 17.7. The van der Waals surface area contributed by atoms with Crippen molar-refractivity contribution in [1.29, 1.82) is 0 Å². The normalized spacial score (nSPS) is 13.8. The Morgan fingerprint density at radius 1 is 0.750 bits per heavy atom. The van der Waals surface area contributed by atoms with Gasteiger partial charge in [-0.3, -0.25) is 0 Å². The van der Waals surface area contributed by atoms with Crippen LogP contribution in [0.25, 0.3) is 0 Å². The molecule has 0 N–H and O–H groups in total. The molecule has 0 spiro atoms. The van der Waals surface area contributed by atoms with Gasteiger partial charge in [-0.05, 0) is 60.9 Å². The Bertz CT molecular complexity index is 298. The average molecular weight is 379 g/mol. The molecule has 6 heteroatoms. The average Bonchev–Trinajstić information content (AvgIpc) is 2.35. The lowest BCUT2D eigenvalue weighted by Gasteiger charge is -2.36. The molecule has 4 nitrogen and oxygen atoms in total. The second kappa shape index (κ2) is 11.1. The van der Waals surface area contributed by atoms with Gasteiger partial charge >= 0.3 is 17.8 Å². The van der Waals surface area contributed by atoms with Gasteiger partial charge in [-0.25, -0.2) is 0 Å². The van der Waals surface area contributed by atoms with Gasteiger partial charge in [-0.2, -0.15) is 0 Å². The monoisotopic (exact) mass is 378 g/mol. The molecule has 0 heterocycles. The van der Waals surface area contributed by atoms with Crippen LogP contribution in [0.15, 0.2) is 0 Å². The van der Waals surface area contributed by atoms with Crippen LogP contribution >= 0.6 is 0 Å². The van der Waals surface area contributed by atoms with Crippen LogP contribution in [0.1, 0.15) is 81.1 Å². The fourth-order valence-electron chi connectivity index (χ4n) is 2.22. The van der Waals surface area contributed by atoms with E-state index in [4.69, 9.17) is 17.7 Å². The lowest BCUT2D eigenvalue weighted by molar-refractivity contribution is 0.0339. The van der Waals surface area contributed by atoms with E-state index in [-0.39, 0.29) is 11.2 Å². The minimum Gasteiger partial charge on any atom is -0.394 e. The first-order valence-electron chi connectivity index (χ1n) is 9.54. The molecule has 0 aliphatic carbocycles. The first-order valence-corrected chi connectivity index (χ1v) is 13.8. The van der Waals surface area contributed by atoms with E-state index < -0.39 is 17.8 Å². The van der Waals surface area contributed by atoms with Crippen LogP contribution in [-0.4, -0.2) is 42.3 Å². The molecule has 0 radical (unpaired) electrons. The first kappa shape index (κ1) is 24.3. The van der Waals surface area contributed by atoms with Crippen molar-refractivity contribution >= 4 is 17.8 Å². The highest BCUT2D eigenvalue weighted by atomic mass is 28.4. The van der Waals surface area contributed by atoms with E-state index in [1.54, 1.807) is 0 Å². The fraction of sp³-hybridized carbons (Fsp3) is 1.00. The Labute approximate surface area is 153 Å². The number of hydrogen-bond donors (Lipinski definition) is 0. The molecular formula is C18H42O4Si2. The summed E-state index contributed by atoms with van der Waals surface area (Å²) < 4.78 is 25.2. The van der Waals surface area contributed by atoms with Crippen molar-refractivity contribution < 1.29 is 17.7 Å². The molecule has 0 aromatic rings. The second-order valence-electron chi connectivity index (χ2n) is 8.63. The molecule has 146 valence electrons. The van der Waals surface area contributed by atoms with Crippen molar-refractivity contribution in [2.24, 2.45) is 0 Å². The van der Waals surface area contributed by atoms with Crippen LogP contribution in [-0.2, 0) is 17.7 Å². The van der Waals surface area contributed by atoms with Gasteiger partial charge in [0.2, 0.25) is 0 Å². The molecule has 0 saturated heterocycles. The highest BCUT2D eigenvalue weighted by Gasteiger charge is 2.40. The van der Waals surface area contributed by atoms with E-state index in [1.165, 1.54) is 0 Å². The molecule has 0 amide bonds. The maximum Gasteiger partial charge on any atom is 0.336 e. The Balaban J connectivity index is 5.01. The molecule has 0 saturated carbocycles. The summed E-state index contributed by atoms with van der Waals surface area (Å²) in [5.74, 6) is 0. The molecule has 0 rings (SSSR count). The molecule has 0 atom stereocenters. The van der Waals surface area contributed by atoms with Crippen LogP contribution in [0.5, 0.6) is 0 Å². The van der Waals surface area contributed by atoms with Crippen LogP contribution in [0.3, 0.4) is 0 Å². The van der Waals surface area contributed by atoms with Crippen molar-refractivity contribution in [3.63, 3.8) is 0 Å². The van der Waals surface area contributed by atoms with Gasteiger partial charge in [-0.1, -0.05) is 26.7 Å². The largest absolute Gasteiger partial charge is 0.394 e. The van der Waals surface area contributed by atoms with Crippen molar-refractivity contribution in [3.8, 4) is 0 Å². The second-order valence-corrected chi connectivity index (χ2v) is 14.4. The lowest BCUT2D eigenvalue weighted by atomic mass is 10.2. The van der Waals surface area contributed by atoms with Crippen LogP contribution in [0.4, 0.5) is 0 Å².